The molecule has 3 aromatic carbocycles. The van der Waals surface area contributed by atoms with Crippen molar-refractivity contribution >= 4 is 22.7 Å². The number of para-hydroxylation sites is 1. The number of nitrogens with zero attached hydrogens (tertiary/aromatic N) is 2. The summed E-state index contributed by atoms with van der Waals surface area (Å²) in [7, 11) is 0. The van der Waals surface area contributed by atoms with Crippen LogP contribution in [-0.2, 0) is 0 Å². The first-order valence-corrected chi connectivity index (χ1v) is 10.3. The van der Waals surface area contributed by atoms with Gasteiger partial charge in [0.1, 0.15) is 11.4 Å². The molecular weight excluding hydrogens is 352 g/mol. The zero-order chi connectivity index (χ0) is 19.0. The number of thioether (sulfide) groups is 1. The van der Waals surface area contributed by atoms with Crippen LogP contribution in [-0.4, -0.2) is 21.1 Å². The molecule has 4 aromatic rings. The van der Waals surface area contributed by atoms with Crippen molar-refractivity contribution in [3.05, 3.63) is 66.7 Å². The Morgan fingerprint density at radius 1 is 0.889 bits per heavy atom. The minimum atomic E-state index is 0.241. The molecule has 3 nitrogen and oxygen atoms in total. The Morgan fingerprint density at radius 3 is 2.19 bits per heavy atom. The molecule has 0 spiro atoms. The quantitative estimate of drug-likeness (QED) is 0.421. The summed E-state index contributed by atoms with van der Waals surface area (Å²) in [5.41, 5.74) is 5.48. The first-order chi connectivity index (χ1) is 13.1. The standard InChI is InChI=1S/C23H22N2OS/c1-15(2)25-23-20(16-9-13-19(27-3)14-10-16)5-4-6-21(23)22(24-25)17-7-11-18(26)12-8-17/h4-15,26H,1-3H3. The molecular formula is C23H22N2OS. The van der Waals surface area contributed by atoms with E-state index in [1.165, 1.54) is 16.0 Å². The van der Waals surface area contributed by atoms with Gasteiger partial charge in [0, 0.05) is 27.5 Å². The third-order valence-electron chi connectivity index (χ3n) is 4.76. The lowest BCUT2D eigenvalue weighted by Crippen LogP contribution is -2.03. The van der Waals surface area contributed by atoms with Crippen LogP contribution in [0.2, 0.25) is 0 Å². The number of rotatable bonds is 4. The second-order valence-electron chi connectivity index (χ2n) is 6.86. The summed E-state index contributed by atoms with van der Waals surface area (Å²) in [5.74, 6) is 0.265. The molecule has 0 saturated heterocycles. The topological polar surface area (TPSA) is 38.1 Å². The highest BCUT2D eigenvalue weighted by Crippen LogP contribution is 2.36. The Balaban J connectivity index is 1.97. The van der Waals surface area contributed by atoms with Crippen LogP contribution in [0.1, 0.15) is 19.9 Å². The lowest BCUT2D eigenvalue weighted by atomic mass is 10.00. The van der Waals surface area contributed by atoms with Crippen LogP contribution in [0.25, 0.3) is 33.3 Å². The van der Waals surface area contributed by atoms with Gasteiger partial charge < -0.3 is 5.11 Å². The Morgan fingerprint density at radius 2 is 1.56 bits per heavy atom. The van der Waals surface area contributed by atoms with Crippen molar-refractivity contribution in [3.63, 3.8) is 0 Å². The number of benzene rings is 3. The number of hydrogen-bond donors (Lipinski definition) is 1. The van der Waals surface area contributed by atoms with E-state index in [4.69, 9.17) is 5.10 Å². The van der Waals surface area contributed by atoms with Crippen LogP contribution < -0.4 is 0 Å². The molecule has 1 heterocycles. The fourth-order valence-electron chi connectivity index (χ4n) is 3.40. The van der Waals surface area contributed by atoms with Crippen LogP contribution in [0.5, 0.6) is 5.75 Å². The molecule has 0 aliphatic rings. The van der Waals surface area contributed by atoms with E-state index < -0.39 is 0 Å². The molecule has 0 amide bonds. The van der Waals surface area contributed by atoms with Gasteiger partial charge in [-0.25, -0.2) is 0 Å². The zero-order valence-corrected chi connectivity index (χ0v) is 16.5. The summed E-state index contributed by atoms with van der Waals surface area (Å²) in [4.78, 5) is 1.26. The second-order valence-corrected chi connectivity index (χ2v) is 7.74. The maximum atomic E-state index is 9.62. The summed E-state index contributed by atoms with van der Waals surface area (Å²) >= 11 is 1.75. The Kier molecular flexibility index (Phi) is 4.66. The maximum Gasteiger partial charge on any atom is 0.115 e. The number of fused-ring (bicyclic) bond motifs is 1. The van der Waals surface area contributed by atoms with E-state index in [0.717, 1.165) is 22.2 Å². The molecule has 0 aliphatic heterocycles. The van der Waals surface area contributed by atoms with Gasteiger partial charge >= 0.3 is 0 Å². The van der Waals surface area contributed by atoms with Gasteiger partial charge in [0.15, 0.2) is 0 Å². The van der Waals surface area contributed by atoms with Gasteiger partial charge in [-0.1, -0.05) is 30.3 Å². The predicted octanol–water partition coefficient (Wildman–Crippen LogP) is 6.38. The molecule has 4 rings (SSSR count). The molecule has 0 aliphatic carbocycles. The van der Waals surface area contributed by atoms with Crippen LogP contribution in [0.15, 0.2) is 71.6 Å². The molecule has 136 valence electrons. The number of hydrogen-bond acceptors (Lipinski definition) is 3. The van der Waals surface area contributed by atoms with Gasteiger partial charge in [-0.05, 0) is 62.1 Å². The summed E-state index contributed by atoms with van der Waals surface area (Å²) in [6, 6.07) is 22.6. The normalized spacial score (nSPS) is 11.4. The number of phenolic OH excluding ortho intramolecular Hbond substituents is 1. The van der Waals surface area contributed by atoms with Crippen molar-refractivity contribution in [2.24, 2.45) is 0 Å². The van der Waals surface area contributed by atoms with Crippen LogP contribution in [0, 0.1) is 0 Å². The van der Waals surface area contributed by atoms with E-state index in [2.05, 4.69) is 67.2 Å². The van der Waals surface area contributed by atoms with E-state index in [9.17, 15) is 5.11 Å². The van der Waals surface area contributed by atoms with Crippen molar-refractivity contribution in [1.82, 2.24) is 9.78 Å². The highest BCUT2D eigenvalue weighted by molar-refractivity contribution is 7.98. The average molecular weight is 375 g/mol. The zero-order valence-electron chi connectivity index (χ0n) is 15.7. The van der Waals surface area contributed by atoms with Crippen molar-refractivity contribution < 1.29 is 5.11 Å². The van der Waals surface area contributed by atoms with Gasteiger partial charge in [0.25, 0.3) is 0 Å². The molecule has 0 bridgehead atoms. The van der Waals surface area contributed by atoms with Gasteiger partial charge in [-0.2, -0.15) is 5.10 Å². The molecule has 27 heavy (non-hydrogen) atoms. The van der Waals surface area contributed by atoms with Gasteiger partial charge in [-0.3, -0.25) is 4.68 Å². The second kappa shape index (κ2) is 7.12. The summed E-state index contributed by atoms with van der Waals surface area (Å²) in [5, 5.41) is 15.7. The molecule has 1 aromatic heterocycles. The van der Waals surface area contributed by atoms with Crippen LogP contribution >= 0.6 is 11.8 Å². The number of phenols is 1. The summed E-state index contributed by atoms with van der Waals surface area (Å²) in [6.45, 7) is 4.31. The van der Waals surface area contributed by atoms with Crippen LogP contribution in [0.3, 0.4) is 0 Å². The first kappa shape index (κ1) is 17.7. The Bertz CT molecular complexity index is 1080. The van der Waals surface area contributed by atoms with Crippen molar-refractivity contribution in [2.75, 3.05) is 6.26 Å². The average Bonchev–Trinajstić information content (AvgIpc) is 3.09. The fraction of sp³-hybridized carbons (Fsp3) is 0.174. The molecule has 0 fully saturated rings. The largest absolute Gasteiger partial charge is 0.508 e. The minimum absolute atomic E-state index is 0.241. The SMILES string of the molecule is CSc1ccc(-c2cccc3c(-c4ccc(O)cc4)nn(C(C)C)c23)cc1. The molecule has 0 unspecified atom stereocenters. The third-order valence-corrected chi connectivity index (χ3v) is 5.50. The Labute approximate surface area is 163 Å². The highest BCUT2D eigenvalue weighted by atomic mass is 32.2. The van der Waals surface area contributed by atoms with E-state index >= 15 is 0 Å². The monoisotopic (exact) mass is 374 g/mol. The van der Waals surface area contributed by atoms with Gasteiger partial charge in [0.05, 0.1) is 5.52 Å². The van der Waals surface area contributed by atoms with E-state index in [-0.39, 0.29) is 11.8 Å². The van der Waals surface area contributed by atoms with Crippen molar-refractivity contribution in [1.29, 1.82) is 0 Å². The fourth-order valence-corrected chi connectivity index (χ4v) is 3.81. The third kappa shape index (κ3) is 3.21. The summed E-state index contributed by atoms with van der Waals surface area (Å²) in [6.07, 6.45) is 2.09. The predicted molar refractivity (Wildman–Crippen MR) is 114 cm³/mol. The van der Waals surface area contributed by atoms with Gasteiger partial charge in [0.2, 0.25) is 0 Å². The van der Waals surface area contributed by atoms with Crippen molar-refractivity contribution in [3.8, 4) is 28.1 Å². The van der Waals surface area contributed by atoms with E-state index in [1.807, 2.05) is 12.1 Å². The van der Waals surface area contributed by atoms with E-state index in [1.54, 1.807) is 23.9 Å². The lowest BCUT2D eigenvalue weighted by Gasteiger charge is -2.11. The highest BCUT2D eigenvalue weighted by Gasteiger charge is 2.18. The molecule has 0 radical (unpaired) electrons. The summed E-state index contributed by atoms with van der Waals surface area (Å²) < 4.78 is 2.11. The lowest BCUT2D eigenvalue weighted by molar-refractivity contribution is 0.475. The van der Waals surface area contributed by atoms with Crippen LogP contribution in [0.4, 0.5) is 0 Å². The van der Waals surface area contributed by atoms with Gasteiger partial charge in [-0.15, -0.1) is 11.8 Å². The number of aromatic nitrogens is 2. The minimum Gasteiger partial charge on any atom is -0.508 e. The molecule has 0 saturated carbocycles. The molecule has 0 atom stereocenters. The maximum absolute atomic E-state index is 9.62. The number of aromatic hydroxyl groups is 1. The first-order valence-electron chi connectivity index (χ1n) is 9.03. The Hall–Kier alpha value is -2.72. The smallest absolute Gasteiger partial charge is 0.115 e. The molecule has 4 heteroatoms. The van der Waals surface area contributed by atoms with E-state index in [0.29, 0.717) is 0 Å². The van der Waals surface area contributed by atoms with Crippen molar-refractivity contribution in [2.45, 2.75) is 24.8 Å². The molecule has 1 N–H and O–H groups in total.